The molecule has 1 atom stereocenters. The molecular formula is C10H16N4O2. The van der Waals surface area contributed by atoms with E-state index in [-0.39, 0.29) is 11.9 Å². The Bertz CT molecular complexity index is 377. The van der Waals surface area contributed by atoms with Gasteiger partial charge in [0.05, 0.1) is 6.04 Å². The molecule has 0 unspecified atom stereocenters. The Hall–Kier alpha value is -1.43. The lowest BCUT2D eigenvalue weighted by atomic mass is 10.1. The Balaban J connectivity index is 2.04. The Kier molecular flexibility index (Phi) is 3.19. The van der Waals surface area contributed by atoms with Gasteiger partial charge in [0.2, 0.25) is 11.8 Å². The molecule has 1 saturated heterocycles. The fraction of sp³-hybridized carbons (Fsp3) is 0.700. The molecule has 1 aromatic heterocycles. The van der Waals surface area contributed by atoms with Crippen LogP contribution in [0.1, 0.15) is 31.0 Å². The summed E-state index contributed by atoms with van der Waals surface area (Å²) >= 11 is 0. The number of aromatic nitrogens is 2. The average molecular weight is 224 g/mol. The second-order valence-corrected chi connectivity index (χ2v) is 4.10. The second kappa shape index (κ2) is 4.61. The minimum absolute atomic E-state index is 0.0200. The van der Waals surface area contributed by atoms with Crippen LogP contribution in [-0.4, -0.2) is 33.5 Å². The van der Waals surface area contributed by atoms with Crippen molar-refractivity contribution >= 4 is 5.91 Å². The van der Waals surface area contributed by atoms with E-state index in [4.69, 9.17) is 10.3 Å². The van der Waals surface area contributed by atoms with Crippen molar-refractivity contribution in [2.24, 2.45) is 5.73 Å². The van der Waals surface area contributed by atoms with Crippen LogP contribution < -0.4 is 5.73 Å². The van der Waals surface area contributed by atoms with Gasteiger partial charge in [0.1, 0.15) is 6.54 Å². The van der Waals surface area contributed by atoms with E-state index in [1.807, 2.05) is 0 Å². The van der Waals surface area contributed by atoms with Crippen LogP contribution in [0, 0.1) is 6.92 Å². The lowest BCUT2D eigenvalue weighted by molar-refractivity contribution is -0.133. The first kappa shape index (κ1) is 11.1. The van der Waals surface area contributed by atoms with Gasteiger partial charge in [-0.05, 0) is 26.2 Å². The minimum atomic E-state index is -0.383. The van der Waals surface area contributed by atoms with E-state index in [2.05, 4.69) is 10.1 Å². The molecule has 0 radical (unpaired) electrons. The van der Waals surface area contributed by atoms with Gasteiger partial charge >= 0.3 is 0 Å². The number of carbonyl (C=O) groups excluding carboxylic acids is 1. The van der Waals surface area contributed by atoms with Crippen molar-refractivity contribution in [3.63, 3.8) is 0 Å². The highest BCUT2D eigenvalue weighted by Gasteiger charge is 2.25. The predicted molar refractivity (Wildman–Crippen MR) is 56.3 cm³/mol. The number of carbonyl (C=O) groups is 1. The number of amides is 1. The molecule has 0 aliphatic carbocycles. The number of hydrogen-bond donors (Lipinski definition) is 1. The van der Waals surface area contributed by atoms with E-state index < -0.39 is 0 Å². The van der Waals surface area contributed by atoms with Crippen molar-refractivity contribution in [3.8, 4) is 0 Å². The highest BCUT2D eigenvalue weighted by molar-refractivity contribution is 5.81. The van der Waals surface area contributed by atoms with Gasteiger partial charge in [0.25, 0.3) is 0 Å². The summed E-state index contributed by atoms with van der Waals surface area (Å²) in [5, 5.41) is 3.69. The molecule has 1 aromatic rings. The molecule has 0 saturated carbocycles. The number of likely N-dealkylation sites (tertiary alicyclic amines) is 1. The third-order valence-corrected chi connectivity index (χ3v) is 2.72. The molecule has 6 nitrogen and oxygen atoms in total. The van der Waals surface area contributed by atoms with Crippen LogP contribution in [0.25, 0.3) is 0 Å². The number of nitrogens with zero attached hydrogens (tertiary/aromatic N) is 3. The van der Waals surface area contributed by atoms with Crippen LogP contribution in [0.15, 0.2) is 4.52 Å². The third-order valence-electron chi connectivity index (χ3n) is 2.72. The lowest BCUT2D eigenvalue weighted by Crippen LogP contribution is -2.41. The van der Waals surface area contributed by atoms with Gasteiger partial charge in [-0.25, -0.2) is 0 Å². The zero-order valence-electron chi connectivity index (χ0n) is 9.35. The summed E-state index contributed by atoms with van der Waals surface area (Å²) in [6.07, 6.45) is 2.73. The molecule has 2 heterocycles. The highest BCUT2D eigenvalue weighted by Crippen LogP contribution is 2.13. The molecule has 88 valence electrons. The van der Waals surface area contributed by atoms with E-state index in [1.165, 1.54) is 0 Å². The van der Waals surface area contributed by atoms with Gasteiger partial charge < -0.3 is 15.2 Å². The summed E-state index contributed by atoms with van der Waals surface area (Å²) < 4.78 is 5.00. The summed E-state index contributed by atoms with van der Waals surface area (Å²) in [6.45, 7) is 2.84. The van der Waals surface area contributed by atoms with Crippen LogP contribution in [0.5, 0.6) is 0 Å². The molecule has 0 spiro atoms. The smallest absolute Gasteiger partial charge is 0.246 e. The molecule has 1 fully saturated rings. The van der Waals surface area contributed by atoms with E-state index in [1.54, 1.807) is 11.8 Å². The molecule has 16 heavy (non-hydrogen) atoms. The zero-order chi connectivity index (χ0) is 11.5. The summed E-state index contributed by atoms with van der Waals surface area (Å²) in [5.74, 6) is 1.04. The van der Waals surface area contributed by atoms with Gasteiger partial charge in [0, 0.05) is 6.54 Å². The zero-order valence-corrected chi connectivity index (χ0v) is 9.35. The Morgan fingerprint density at radius 1 is 1.56 bits per heavy atom. The van der Waals surface area contributed by atoms with Crippen LogP contribution in [0.3, 0.4) is 0 Å². The Morgan fingerprint density at radius 3 is 3.06 bits per heavy atom. The SMILES string of the molecule is Cc1noc(CN2CCCC[C@@H](N)C2=O)n1. The van der Waals surface area contributed by atoms with Gasteiger partial charge in [-0.3, -0.25) is 4.79 Å². The molecule has 1 amide bonds. The van der Waals surface area contributed by atoms with Crippen LogP contribution in [0.2, 0.25) is 0 Å². The number of aryl methyl sites for hydroxylation is 1. The molecule has 0 bridgehead atoms. The van der Waals surface area contributed by atoms with Crippen molar-refractivity contribution in [3.05, 3.63) is 11.7 Å². The average Bonchev–Trinajstić information content (AvgIpc) is 2.60. The molecule has 6 heteroatoms. The normalized spacial score (nSPS) is 22.2. The highest BCUT2D eigenvalue weighted by atomic mass is 16.5. The molecular weight excluding hydrogens is 208 g/mol. The number of hydrogen-bond acceptors (Lipinski definition) is 5. The van der Waals surface area contributed by atoms with Crippen molar-refractivity contribution < 1.29 is 9.32 Å². The molecule has 0 aromatic carbocycles. The molecule has 1 aliphatic rings. The maximum absolute atomic E-state index is 11.9. The first-order valence-electron chi connectivity index (χ1n) is 5.50. The topological polar surface area (TPSA) is 85.3 Å². The van der Waals surface area contributed by atoms with Crippen LogP contribution >= 0.6 is 0 Å². The largest absolute Gasteiger partial charge is 0.337 e. The fourth-order valence-electron chi connectivity index (χ4n) is 1.86. The lowest BCUT2D eigenvalue weighted by Gasteiger charge is -2.20. The summed E-state index contributed by atoms with van der Waals surface area (Å²) in [6, 6.07) is -0.383. The maximum atomic E-state index is 11.9. The van der Waals surface area contributed by atoms with E-state index in [9.17, 15) is 4.79 Å². The standard InChI is InChI=1S/C10H16N4O2/c1-7-12-9(16-13-7)6-14-5-3-2-4-8(11)10(14)15/h8H,2-6,11H2,1H3/t8-/m1/s1. The first-order valence-corrected chi connectivity index (χ1v) is 5.50. The van der Waals surface area contributed by atoms with Crippen LogP contribution in [0.4, 0.5) is 0 Å². The third kappa shape index (κ3) is 2.38. The van der Waals surface area contributed by atoms with Gasteiger partial charge in [-0.1, -0.05) is 5.16 Å². The van der Waals surface area contributed by atoms with Gasteiger partial charge in [-0.2, -0.15) is 4.98 Å². The summed E-state index contributed by atoms with van der Waals surface area (Å²) in [4.78, 5) is 17.6. The van der Waals surface area contributed by atoms with Crippen LogP contribution in [-0.2, 0) is 11.3 Å². The van der Waals surface area contributed by atoms with Crippen molar-refractivity contribution in [1.82, 2.24) is 15.0 Å². The summed E-state index contributed by atoms with van der Waals surface area (Å²) in [7, 11) is 0. The van der Waals surface area contributed by atoms with E-state index >= 15 is 0 Å². The molecule has 2 rings (SSSR count). The van der Waals surface area contributed by atoms with Crippen molar-refractivity contribution in [1.29, 1.82) is 0 Å². The van der Waals surface area contributed by atoms with Gasteiger partial charge in [-0.15, -0.1) is 0 Å². The Morgan fingerprint density at radius 2 is 2.38 bits per heavy atom. The second-order valence-electron chi connectivity index (χ2n) is 4.10. The first-order chi connectivity index (χ1) is 7.66. The quantitative estimate of drug-likeness (QED) is 0.776. The van der Waals surface area contributed by atoms with E-state index in [0.717, 1.165) is 19.3 Å². The number of nitrogens with two attached hydrogens (primary N) is 1. The Labute approximate surface area is 93.8 Å². The summed E-state index contributed by atoms with van der Waals surface area (Å²) in [5.41, 5.74) is 5.77. The minimum Gasteiger partial charge on any atom is -0.337 e. The van der Waals surface area contributed by atoms with Crippen molar-refractivity contribution in [2.45, 2.75) is 38.8 Å². The van der Waals surface area contributed by atoms with Crippen molar-refractivity contribution in [2.75, 3.05) is 6.54 Å². The van der Waals surface area contributed by atoms with E-state index in [0.29, 0.717) is 24.8 Å². The maximum Gasteiger partial charge on any atom is 0.246 e. The predicted octanol–water partition coefficient (Wildman–Crippen LogP) is 0.218. The monoisotopic (exact) mass is 224 g/mol. The van der Waals surface area contributed by atoms with Gasteiger partial charge in [0.15, 0.2) is 5.82 Å². The number of rotatable bonds is 2. The molecule has 2 N–H and O–H groups in total. The fourth-order valence-corrected chi connectivity index (χ4v) is 1.86. The molecule has 1 aliphatic heterocycles.